The zero-order valence-corrected chi connectivity index (χ0v) is 8.69. The molecule has 0 amide bonds. The van der Waals surface area contributed by atoms with Gasteiger partial charge >= 0.3 is 5.69 Å². The van der Waals surface area contributed by atoms with Crippen LogP contribution in [0.15, 0.2) is 27.6 Å². The second kappa shape index (κ2) is 3.12. The first-order valence-electron chi connectivity index (χ1n) is 3.52. The molecule has 0 bridgehead atoms. The van der Waals surface area contributed by atoms with Crippen LogP contribution in [0.5, 0.6) is 0 Å². The number of aromatic amines is 1. The maximum atomic E-state index is 11.0. The molecule has 0 atom stereocenters. The Labute approximate surface area is 86.9 Å². The highest BCUT2D eigenvalue weighted by molar-refractivity contribution is 9.10. The fourth-order valence-corrected chi connectivity index (χ4v) is 1.75. The SMILES string of the molecule is O=c1nc2cc(Cl)ccc2c(Br)[nH]1. The Morgan fingerprint density at radius 2 is 2.23 bits per heavy atom. The predicted octanol–water partition coefficient (Wildman–Crippen LogP) is 2.34. The van der Waals surface area contributed by atoms with E-state index >= 15 is 0 Å². The summed E-state index contributed by atoms with van der Waals surface area (Å²) in [6, 6.07) is 5.19. The van der Waals surface area contributed by atoms with Crippen molar-refractivity contribution in [1.82, 2.24) is 9.97 Å². The Hall–Kier alpha value is -0.870. The summed E-state index contributed by atoms with van der Waals surface area (Å²) in [4.78, 5) is 17.3. The van der Waals surface area contributed by atoms with E-state index in [1.165, 1.54) is 0 Å². The molecule has 0 fully saturated rings. The first-order chi connectivity index (χ1) is 6.16. The van der Waals surface area contributed by atoms with Gasteiger partial charge in [0.05, 0.1) is 10.1 Å². The van der Waals surface area contributed by atoms with Crippen LogP contribution in [-0.4, -0.2) is 9.97 Å². The van der Waals surface area contributed by atoms with E-state index in [0.29, 0.717) is 15.1 Å². The lowest BCUT2D eigenvalue weighted by atomic mass is 10.2. The second-order valence-electron chi connectivity index (χ2n) is 2.52. The van der Waals surface area contributed by atoms with Crippen molar-refractivity contribution in [3.63, 3.8) is 0 Å². The highest BCUT2D eigenvalue weighted by atomic mass is 79.9. The first-order valence-corrected chi connectivity index (χ1v) is 4.69. The number of H-pyrrole nitrogens is 1. The molecule has 0 radical (unpaired) electrons. The van der Waals surface area contributed by atoms with Crippen LogP contribution in [0.2, 0.25) is 5.02 Å². The van der Waals surface area contributed by atoms with Gasteiger partial charge in [0.1, 0.15) is 0 Å². The van der Waals surface area contributed by atoms with Crippen molar-refractivity contribution in [1.29, 1.82) is 0 Å². The summed E-state index contributed by atoms with van der Waals surface area (Å²) in [5.74, 6) is 0. The smallest absolute Gasteiger partial charge is 0.299 e. The van der Waals surface area contributed by atoms with Crippen LogP contribution < -0.4 is 5.69 Å². The highest BCUT2D eigenvalue weighted by Gasteiger charge is 2.01. The van der Waals surface area contributed by atoms with Crippen molar-refractivity contribution in [2.24, 2.45) is 0 Å². The van der Waals surface area contributed by atoms with Crippen LogP contribution in [0.4, 0.5) is 0 Å². The molecule has 1 aromatic carbocycles. The number of rotatable bonds is 0. The number of nitrogens with one attached hydrogen (secondary N) is 1. The summed E-state index contributed by atoms with van der Waals surface area (Å²) in [5.41, 5.74) is 0.199. The fraction of sp³-hybridized carbons (Fsp3) is 0. The summed E-state index contributed by atoms with van der Waals surface area (Å²) in [6.07, 6.45) is 0. The van der Waals surface area contributed by atoms with E-state index in [1.54, 1.807) is 18.2 Å². The van der Waals surface area contributed by atoms with Gasteiger partial charge < -0.3 is 0 Å². The third-order valence-corrected chi connectivity index (χ3v) is 2.50. The van der Waals surface area contributed by atoms with E-state index in [0.717, 1.165) is 5.39 Å². The van der Waals surface area contributed by atoms with Gasteiger partial charge in [0.2, 0.25) is 0 Å². The Kier molecular flexibility index (Phi) is 2.09. The summed E-state index contributed by atoms with van der Waals surface area (Å²) in [5, 5.41) is 1.40. The standard InChI is InChI=1S/C8H4BrClN2O/c9-7-5-2-1-4(10)3-6(5)11-8(13)12-7/h1-3H,(H,11,12,13). The molecule has 0 aliphatic heterocycles. The lowest BCUT2D eigenvalue weighted by Gasteiger charge is -1.98. The third kappa shape index (κ3) is 1.59. The van der Waals surface area contributed by atoms with E-state index in [-0.39, 0.29) is 5.69 Å². The Morgan fingerprint density at radius 1 is 1.46 bits per heavy atom. The van der Waals surface area contributed by atoms with Gasteiger partial charge in [0.15, 0.2) is 0 Å². The number of benzene rings is 1. The zero-order valence-electron chi connectivity index (χ0n) is 6.34. The van der Waals surface area contributed by atoms with Crippen LogP contribution in [0.25, 0.3) is 10.9 Å². The van der Waals surface area contributed by atoms with Crippen molar-refractivity contribution in [3.05, 3.63) is 38.3 Å². The van der Waals surface area contributed by atoms with Gasteiger partial charge in [-0.2, -0.15) is 4.98 Å². The summed E-state index contributed by atoms with van der Waals surface area (Å²) >= 11 is 8.99. The van der Waals surface area contributed by atoms with Crippen LogP contribution >= 0.6 is 27.5 Å². The molecule has 0 aliphatic carbocycles. The lowest BCUT2D eigenvalue weighted by Crippen LogP contribution is -2.09. The van der Waals surface area contributed by atoms with Crippen LogP contribution in [0, 0.1) is 0 Å². The van der Waals surface area contributed by atoms with Crippen molar-refractivity contribution < 1.29 is 0 Å². The molecule has 1 N–H and O–H groups in total. The average Bonchev–Trinajstić information content (AvgIpc) is 2.02. The second-order valence-corrected chi connectivity index (χ2v) is 3.75. The summed E-state index contributed by atoms with van der Waals surface area (Å²) in [7, 11) is 0. The molecule has 0 saturated carbocycles. The molecular formula is C8H4BrClN2O. The number of nitrogens with zero attached hydrogens (tertiary/aromatic N) is 1. The molecule has 0 saturated heterocycles. The van der Waals surface area contributed by atoms with Crippen molar-refractivity contribution in [2.75, 3.05) is 0 Å². The van der Waals surface area contributed by atoms with Gasteiger partial charge in [-0.15, -0.1) is 0 Å². The van der Waals surface area contributed by atoms with Gasteiger partial charge in [-0.1, -0.05) is 11.6 Å². The maximum absolute atomic E-state index is 11.0. The predicted molar refractivity (Wildman–Crippen MR) is 55.1 cm³/mol. The number of halogens is 2. The van der Waals surface area contributed by atoms with Gasteiger partial charge in [-0.05, 0) is 34.1 Å². The van der Waals surface area contributed by atoms with Crippen LogP contribution in [-0.2, 0) is 0 Å². The van der Waals surface area contributed by atoms with Crippen molar-refractivity contribution in [3.8, 4) is 0 Å². The number of hydrogen-bond acceptors (Lipinski definition) is 2. The molecular weight excluding hydrogens is 255 g/mol. The minimum Gasteiger partial charge on any atom is -0.299 e. The first kappa shape index (κ1) is 8.72. The van der Waals surface area contributed by atoms with Crippen molar-refractivity contribution in [2.45, 2.75) is 0 Å². The molecule has 0 unspecified atom stereocenters. The van der Waals surface area contributed by atoms with E-state index in [2.05, 4.69) is 25.9 Å². The number of fused-ring (bicyclic) bond motifs is 1. The van der Waals surface area contributed by atoms with E-state index < -0.39 is 0 Å². The monoisotopic (exact) mass is 258 g/mol. The minimum absolute atomic E-state index is 0.387. The molecule has 1 aromatic heterocycles. The molecule has 2 rings (SSSR count). The van der Waals surface area contributed by atoms with Gasteiger partial charge in [0.25, 0.3) is 0 Å². The average molecular weight is 259 g/mol. The molecule has 5 heteroatoms. The topological polar surface area (TPSA) is 45.8 Å². The van der Waals surface area contributed by atoms with E-state index in [9.17, 15) is 4.79 Å². The Balaban J connectivity index is 2.94. The minimum atomic E-state index is -0.387. The quantitative estimate of drug-likeness (QED) is 0.738. The van der Waals surface area contributed by atoms with E-state index in [1.807, 2.05) is 0 Å². The Morgan fingerprint density at radius 3 is 3.00 bits per heavy atom. The van der Waals surface area contributed by atoms with Crippen LogP contribution in [0.3, 0.4) is 0 Å². The highest BCUT2D eigenvalue weighted by Crippen LogP contribution is 2.21. The molecule has 13 heavy (non-hydrogen) atoms. The lowest BCUT2D eigenvalue weighted by molar-refractivity contribution is 1.10. The zero-order chi connectivity index (χ0) is 9.42. The maximum Gasteiger partial charge on any atom is 0.346 e. The molecule has 2 aromatic rings. The van der Waals surface area contributed by atoms with Crippen molar-refractivity contribution >= 4 is 38.4 Å². The summed E-state index contributed by atoms with van der Waals surface area (Å²) in [6.45, 7) is 0. The summed E-state index contributed by atoms with van der Waals surface area (Å²) < 4.78 is 0.624. The molecule has 3 nitrogen and oxygen atoms in total. The van der Waals surface area contributed by atoms with Crippen LogP contribution in [0.1, 0.15) is 0 Å². The number of hydrogen-bond donors (Lipinski definition) is 1. The normalized spacial score (nSPS) is 10.6. The van der Waals surface area contributed by atoms with Gasteiger partial charge in [0, 0.05) is 10.4 Å². The van der Waals surface area contributed by atoms with Gasteiger partial charge in [-0.25, -0.2) is 4.79 Å². The van der Waals surface area contributed by atoms with E-state index in [4.69, 9.17) is 11.6 Å². The molecule has 1 heterocycles. The number of aromatic nitrogens is 2. The Bertz CT molecular complexity index is 523. The third-order valence-electron chi connectivity index (χ3n) is 1.63. The van der Waals surface area contributed by atoms with Gasteiger partial charge in [-0.3, -0.25) is 4.98 Å². The molecule has 0 spiro atoms. The fourth-order valence-electron chi connectivity index (χ4n) is 1.08. The molecule has 0 aliphatic rings. The molecule has 66 valence electrons. The largest absolute Gasteiger partial charge is 0.346 e.